The fraction of sp³-hybridized carbons (Fsp3) is 0.273. The Morgan fingerprint density at radius 3 is 2.79 bits per heavy atom. The molecule has 100 valence electrons. The van der Waals surface area contributed by atoms with Crippen molar-refractivity contribution in [2.75, 3.05) is 19.5 Å². The third-order valence-corrected chi connectivity index (χ3v) is 2.63. The lowest BCUT2D eigenvalue weighted by molar-refractivity contribution is 0.0821. The quantitative estimate of drug-likeness (QED) is 0.593. The van der Waals surface area contributed by atoms with Gasteiger partial charge in [-0.3, -0.25) is 4.79 Å². The molecule has 0 aliphatic rings. The van der Waals surface area contributed by atoms with Gasteiger partial charge < -0.3 is 10.3 Å². The molecule has 0 saturated heterocycles. The van der Waals surface area contributed by atoms with E-state index in [1.165, 1.54) is 15.9 Å². The van der Waals surface area contributed by atoms with E-state index < -0.39 is 0 Å². The Kier molecular flexibility index (Phi) is 3.43. The first-order valence-corrected chi connectivity index (χ1v) is 5.60. The molecule has 0 bridgehead atoms. The average molecular weight is 261 g/mol. The zero-order valence-corrected chi connectivity index (χ0v) is 11.0. The molecule has 2 rings (SSSR count). The number of carbonyl (C=O) groups excluding carboxylic acids is 1. The molecular formula is C11H15N7O. The van der Waals surface area contributed by atoms with Crippen LogP contribution < -0.4 is 11.3 Å². The molecule has 0 radical (unpaired) electrons. The smallest absolute Gasteiger partial charge is 0.273 e. The highest BCUT2D eigenvalue weighted by atomic mass is 16.2. The number of anilines is 1. The lowest BCUT2D eigenvalue weighted by Gasteiger charge is -2.09. The maximum atomic E-state index is 11.8. The lowest BCUT2D eigenvalue weighted by atomic mass is 10.3. The van der Waals surface area contributed by atoms with Crippen molar-refractivity contribution >= 4 is 11.7 Å². The minimum Gasteiger partial charge on any atom is -0.343 e. The Morgan fingerprint density at radius 1 is 1.42 bits per heavy atom. The molecule has 8 heteroatoms. The normalized spacial score (nSPS) is 10.3. The number of rotatable bonds is 3. The second-order valence-electron chi connectivity index (χ2n) is 4.16. The van der Waals surface area contributed by atoms with Crippen molar-refractivity contribution in [3.8, 4) is 5.82 Å². The van der Waals surface area contributed by atoms with Crippen LogP contribution >= 0.6 is 0 Å². The summed E-state index contributed by atoms with van der Waals surface area (Å²) in [7, 11) is 3.35. The van der Waals surface area contributed by atoms with Gasteiger partial charge in [-0.05, 0) is 13.0 Å². The van der Waals surface area contributed by atoms with E-state index in [0.29, 0.717) is 17.3 Å². The average Bonchev–Trinajstić information content (AvgIpc) is 2.87. The summed E-state index contributed by atoms with van der Waals surface area (Å²) in [5.41, 5.74) is 3.59. The summed E-state index contributed by atoms with van der Waals surface area (Å²) in [4.78, 5) is 21.4. The zero-order valence-electron chi connectivity index (χ0n) is 11.0. The van der Waals surface area contributed by atoms with Crippen LogP contribution in [0, 0.1) is 6.92 Å². The Balaban J connectivity index is 2.41. The van der Waals surface area contributed by atoms with Gasteiger partial charge in [-0.1, -0.05) is 0 Å². The summed E-state index contributed by atoms with van der Waals surface area (Å²) in [5.74, 6) is 6.28. The number of amides is 1. The van der Waals surface area contributed by atoms with Gasteiger partial charge >= 0.3 is 0 Å². The molecule has 0 aromatic carbocycles. The third kappa shape index (κ3) is 2.38. The second-order valence-corrected chi connectivity index (χ2v) is 4.16. The number of aromatic nitrogens is 4. The maximum absolute atomic E-state index is 11.8. The van der Waals surface area contributed by atoms with Crippen LogP contribution in [0.25, 0.3) is 5.82 Å². The molecule has 1 amide bonds. The number of hydrogen-bond donors (Lipinski definition) is 2. The number of carbonyl (C=O) groups is 1. The van der Waals surface area contributed by atoms with Crippen LogP contribution in [0.1, 0.15) is 16.1 Å². The molecule has 19 heavy (non-hydrogen) atoms. The molecule has 0 aliphatic carbocycles. The van der Waals surface area contributed by atoms with Crippen molar-refractivity contribution in [2.24, 2.45) is 5.84 Å². The molecule has 0 unspecified atom stereocenters. The van der Waals surface area contributed by atoms with Crippen molar-refractivity contribution < 1.29 is 4.79 Å². The molecular weight excluding hydrogens is 246 g/mol. The molecule has 2 aromatic rings. The van der Waals surface area contributed by atoms with E-state index in [1.54, 1.807) is 26.4 Å². The van der Waals surface area contributed by atoms with Gasteiger partial charge in [0.25, 0.3) is 5.91 Å². The monoisotopic (exact) mass is 261 g/mol. The van der Waals surface area contributed by atoms with Crippen molar-refractivity contribution in [1.29, 1.82) is 0 Å². The fourth-order valence-electron chi connectivity index (χ4n) is 1.60. The third-order valence-electron chi connectivity index (χ3n) is 2.63. The Bertz CT molecular complexity index is 605. The highest BCUT2D eigenvalue weighted by Crippen LogP contribution is 2.16. The van der Waals surface area contributed by atoms with Crippen molar-refractivity contribution in [3.05, 3.63) is 29.8 Å². The number of nitrogen functional groups attached to an aromatic ring is 1. The van der Waals surface area contributed by atoms with Gasteiger partial charge in [0, 0.05) is 25.9 Å². The highest BCUT2D eigenvalue weighted by molar-refractivity contribution is 5.91. The Morgan fingerprint density at radius 2 is 2.16 bits per heavy atom. The van der Waals surface area contributed by atoms with Crippen molar-refractivity contribution in [1.82, 2.24) is 24.6 Å². The minimum absolute atomic E-state index is 0.164. The zero-order chi connectivity index (χ0) is 14.0. The highest BCUT2D eigenvalue weighted by Gasteiger charge is 2.14. The van der Waals surface area contributed by atoms with Gasteiger partial charge in [-0.25, -0.2) is 20.5 Å². The van der Waals surface area contributed by atoms with E-state index in [2.05, 4.69) is 20.5 Å². The standard InChI is InChI=1S/C11H15N7O/c1-7-9(15-12)13-6-14-10(7)18-5-4-8(16-18)11(19)17(2)3/h4-6H,12H2,1-3H3,(H,13,14,15). The van der Waals surface area contributed by atoms with Crippen LogP contribution in [0.5, 0.6) is 0 Å². The molecule has 0 saturated carbocycles. The van der Waals surface area contributed by atoms with Gasteiger partial charge in [0.2, 0.25) is 0 Å². The van der Waals surface area contributed by atoms with Gasteiger partial charge in [-0.15, -0.1) is 0 Å². The van der Waals surface area contributed by atoms with Crippen molar-refractivity contribution in [2.45, 2.75) is 6.92 Å². The first kappa shape index (κ1) is 13.0. The Hall–Kier alpha value is -2.48. The van der Waals surface area contributed by atoms with Crippen LogP contribution in [0.15, 0.2) is 18.6 Å². The Labute approximate surface area is 110 Å². The summed E-state index contributed by atoms with van der Waals surface area (Å²) in [6, 6.07) is 1.64. The summed E-state index contributed by atoms with van der Waals surface area (Å²) in [5, 5.41) is 4.20. The SMILES string of the molecule is Cc1c(NN)ncnc1-n1ccc(C(=O)N(C)C)n1. The number of hydrazine groups is 1. The number of nitrogens with zero attached hydrogens (tertiary/aromatic N) is 5. The van der Waals surface area contributed by atoms with Gasteiger partial charge in [-0.2, -0.15) is 5.10 Å². The molecule has 8 nitrogen and oxygen atoms in total. The molecule has 0 aliphatic heterocycles. The first-order chi connectivity index (χ1) is 9.04. The van der Waals surface area contributed by atoms with Crippen LogP contribution in [0.3, 0.4) is 0 Å². The van der Waals surface area contributed by atoms with Gasteiger partial charge in [0.15, 0.2) is 11.5 Å². The predicted octanol–water partition coefficient (Wildman–Crippen LogP) is -0.0419. The molecule has 3 N–H and O–H groups in total. The van der Waals surface area contributed by atoms with Gasteiger partial charge in [0.05, 0.1) is 0 Å². The van der Waals surface area contributed by atoms with E-state index in [4.69, 9.17) is 5.84 Å². The summed E-state index contributed by atoms with van der Waals surface area (Å²) >= 11 is 0. The number of nitrogens with one attached hydrogen (secondary N) is 1. The molecule has 0 spiro atoms. The van der Waals surface area contributed by atoms with E-state index in [1.807, 2.05) is 6.92 Å². The van der Waals surface area contributed by atoms with Gasteiger partial charge in [0.1, 0.15) is 12.1 Å². The van der Waals surface area contributed by atoms with Crippen LogP contribution in [0.2, 0.25) is 0 Å². The van der Waals surface area contributed by atoms with Crippen molar-refractivity contribution in [3.63, 3.8) is 0 Å². The van der Waals surface area contributed by atoms with E-state index in [0.717, 1.165) is 5.56 Å². The topological polar surface area (TPSA) is 102 Å². The van der Waals surface area contributed by atoms with Crippen LogP contribution in [-0.2, 0) is 0 Å². The lowest BCUT2D eigenvalue weighted by Crippen LogP contribution is -2.22. The largest absolute Gasteiger partial charge is 0.343 e. The predicted molar refractivity (Wildman–Crippen MR) is 69.7 cm³/mol. The molecule has 0 atom stereocenters. The summed E-state index contributed by atoms with van der Waals surface area (Å²) in [6.07, 6.45) is 3.05. The molecule has 0 fully saturated rings. The number of nitrogens with two attached hydrogens (primary N) is 1. The molecule has 2 heterocycles. The maximum Gasteiger partial charge on any atom is 0.273 e. The number of hydrogen-bond acceptors (Lipinski definition) is 6. The second kappa shape index (κ2) is 5.02. The fourth-order valence-corrected chi connectivity index (χ4v) is 1.60. The van der Waals surface area contributed by atoms with E-state index >= 15 is 0 Å². The minimum atomic E-state index is -0.164. The van der Waals surface area contributed by atoms with E-state index in [-0.39, 0.29) is 5.91 Å². The van der Waals surface area contributed by atoms with Crippen LogP contribution in [0.4, 0.5) is 5.82 Å². The summed E-state index contributed by atoms with van der Waals surface area (Å²) in [6.45, 7) is 1.82. The summed E-state index contributed by atoms with van der Waals surface area (Å²) < 4.78 is 1.52. The first-order valence-electron chi connectivity index (χ1n) is 5.60. The van der Waals surface area contributed by atoms with Crippen LogP contribution in [-0.4, -0.2) is 44.7 Å². The molecule has 2 aromatic heterocycles. The van der Waals surface area contributed by atoms with E-state index in [9.17, 15) is 4.79 Å².